The minimum absolute atomic E-state index is 0.0303. The first-order valence-corrected chi connectivity index (χ1v) is 8.24. The summed E-state index contributed by atoms with van der Waals surface area (Å²) in [6.07, 6.45) is 5.43. The van der Waals surface area contributed by atoms with Gasteiger partial charge in [0.25, 0.3) is 5.91 Å². The average Bonchev–Trinajstić information content (AvgIpc) is 2.63. The maximum absolute atomic E-state index is 12.3. The van der Waals surface area contributed by atoms with Gasteiger partial charge in [0, 0.05) is 31.0 Å². The van der Waals surface area contributed by atoms with Gasteiger partial charge in [-0.15, -0.1) is 0 Å². The maximum atomic E-state index is 12.3. The van der Waals surface area contributed by atoms with Gasteiger partial charge >= 0.3 is 0 Å². The van der Waals surface area contributed by atoms with E-state index in [1.54, 1.807) is 24.5 Å². The van der Waals surface area contributed by atoms with Crippen LogP contribution in [0.3, 0.4) is 0 Å². The molecule has 0 aliphatic carbocycles. The van der Waals surface area contributed by atoms with E-state index in [1.807, 2.05) is 6.07 Å². The summed E-state index contributed by atoms with van der Waals surface area (Å²) in [6.45, 7) is 4.21. The Kier molecular flexibility index (Phi) is 5.03. The van der Waals surface area contributed by atoms with Gasteiger partial charge in [-0.3, -0.25) is 14.7 Å². The summed E-state index contributed by atoms with van der Waals surface area (Å²) in [7, 11) is 0. The Bertz CT molecular complexity index is 630. The fourth-order valence-corrected chi connectivity index (χ4v) is 3.18. The van der Waals surface area contributed by atoms with E-state index in [-0.39, 0.29) is 11.9 Å². The molecule has 1 aromatic carbocycles. The minimum Gasteiger partial charge on any atom is -0.348 e. The highest BCUT2D eigenvalue weighted by atomic mass is 16.1. The number of pyridine rings is 1. The van der Waals surface area contributed by atoms with Crippen LogP contribution in [0.2, 0.25) is 0 Å². The molecule has 1 saturated heterocycles. The van der Waals surface area contributed by atoms with Crippen molar-refractivity contribution in [2.75, 3.05) is 13.1 Å². The van der Waals surface area contributed by atoms with Crippen LogP contribution in [0, 0.1) is 0 Å². The number of benzene rings is 1. The van der Waals surface area contributed by atoms with E-state index in [1.165, 1.54) is 5.56 Å². The zero-order valence-electron chi connectivity index (χ0n) is 13.5. The van der Waals surface area contributed by atoms with Gasteiger partial charge in [0.2, 0.25) is 0 Å². The zero-order chi connectivity index (χ0) is 16.1. The molecule has 1 aliphatic heterocycles. The number of hydrogen-bond acceptors (Lipinski definition) is 3. The van der Waals surface area contributed by atoms with Gasteiger partial charge in [-0.25, -0.2) is 0 Å². The Morgan fingerprint density at radius 2 is 2.09 bits per heavy atom. The summed E-state index contributed by atoms with van der Waals surface area (Å²) in [5.41, 5.74) is 1.95. The molecule has 120 valence electrons. The standard InChI is InChI=1S/C19H23N3O/c1-15(16-7-3-2-4-8-16)22-12-6-10-18(14-22)21-19(23)17-9-5-11-20-13-17/h2-5,7-9,11,13,15,18H,6,10,12,14H2,1H3,(H,21,23). The lowest BCUT2D eigenvalue weighted by Gasteiger charge is -2.37. The molecule has 4 nitrogen and oxygen atoms in total. The van der Waals surface area contributed by atoms with Crippen LogP contribution in [0.15, 0.2) is 54.9 Å². The first kappa shape index (κ1) is 15.7. The van der Waals surface area contributed by atoms with Crippen molar-refractivity contribution in [3.05, 3.63) is 66.0 Å². The van der Waals surface area contributed by atoms with Crippen LogP contribution in [0.4, 0.5) is 0 Å². The second-order valence-corrected chi connectivity index (χ2v) is 6.14. The van der Waals surface area contributed by atoms with Gasteiger partial charge in [-0.1, -0.05) is 30.3 Å². The molecule has 1 N–H and O–H groups in total. The fourth-order valence-electron chi connectivity index (χ4n) is 3.18. The van der Waals surface area contributed by atoms with Gasteiger partial charge in [0.1, 0.15) is 0 Å². The third-order valence-corrected chi connectivity index (χ3v) is 4.54. The molecule has 0 saturated carbocycles. The van der Waals surface area contributed by atoms with Gasteiger partial charge in [-0.05, 0) is 44.0 Å². The van der Waals surface area contributed by atoms with E-state index in [0.717, 1.165) is 25.9 Å². The third-order valence-electron chi connectivity index (χ3n) is 4.54. The van der Waals surface area contributed by atoms with Crippen molar-refractivity contribution in [2.24, 2.45) is 0 Å². The van der Waals surface area contributed by atoms with E-state index >= 15 is 0 Å². The SMILES string of the molecule is CC(c1ccccc1)N1CCCC(NC(=O)c2cccnc2)C1. The lowest BCUT2D eigenvalue weighted by Crippen LogP contribution is -2.48. The first-order chi connectivity index (χ1) is 11.2. The van der Waals surface area contributed by atoms with E-state index in [2.05, 4.69) is 46.4 Å². The largest absolute Gasteiger partial charge is 0.348 e. The molecule has 0 bridgehead atoms. The highest BCUT2D eigenvalue weighted by molar-refractivity contribution is 5.94. The Labute approximate surface area is 137 Å². The van der Waals surface area contributed by atoms with Gasteiger partial charge < -0.3 is 5.32 Å². The van der Waals surface area contributed by atoms with Gasteiger partial charge in [0.05, 0.1) is 5.56 Å². The molecule has 23 heavy (non-hydrogen) atoms. The minimum atomic E-state index is -0.0303. The van der Waals surface area contributed by atoms with Crippen molar-refractivity contribution in [1.82, 2.24) is 15.2 Å². The maximum Gasteiger partial charge on any atom is 0.253 e. The molecule has 1 fully saturated rings. The van der Waals surface area contributed by atoms with E-state index in [9.17, 15) is 4.79 Å². The first-order valence-electron chi connectivity index (χ1n) is 8.24. The third kappa shape index (κ3) is 3.96. The molecule has 1 aromatic heterocycles. The molecule has 2 unspecified atom stereocenters. The van der Waals surface area contributed by atoms with Crippen LogP contribution in [-0.4, -0.2) is 34.9 Å². The summed E-state index contributed by atoms with van der Waals surface area (Å²) < 4.78 is 0. The summed E-state index contributed by atoms with van der Waals surface area (Å²) in [5, 5.41) is 3.15. The normalized spacial score (nSPS) is 20.0. The Hall–Kier alpha value is -2.20. The number of nitrogens with one attached hydrogen (secondary N) is 1. The van der Waals surface area contributed by atoms with E-state index < -0.39 is 0 Å². The highest BCUT2D eigenvalue weighted by Gasteiger charge is 2.25. The molecule has 1 aliphatic rings. The Morgan fingerprint density at radius 3 is 2.83 bits per heavy atom. The smallest absolute Gasteiger partial charge is 0.253 e. The topological polar surface area (TPSA) is 45.2 Å². The monoisotopic (exact) mass is 309 g/mol. The van der Waals surface area contributed by atoms with E-state index in [4.69, 9.17) is 0 Å². The van der Waals surface area contributed by atoms with Crippen molar-refractivity contribution >= 4 is 5.91 Å². The molecule has 0 spiro atoms. The molecule has 2 aromatic rings. The van der Waals surface area contributed by atoms with Crippen molar-refractivity contribution < 1.29 is 4.79 Å². The van der Waals surface area contributed by atoms with Crippen LogP contribution < -0.4 is 5.32 Å². The molecular formula is C19H23N3O. The van der Waals surface area contributed by atoms with E-state index in [0.29, 0.717) is 11.6 Å². The lowest BCUT2D eigenvalue weighted by atomic mass is 10.00. The second kappa shape index (κ2) is 7.38. The summed E-state index contributed by atoms with van der Waals surface area (Å²) in [5.74, 6) is -0.0303. The number of carbonyl (C=O) groups excluding carboxylic acids is 1. The molecule has 0 radical (unpaired) electrons. The number of likely N-dealkylation sites (tertiary alicyclic amines) is 1. The molecule has 2 heterocycles. The fraction of sp³-hybridized carbons (Fsp3) is 0.368. The predicted octanol–water partition coefficient (Wildman–Crippen LogP) is 3.04. The Balaban J connectivity index is 1.61. The van der Waals surface area contributed by atoms with Crippen LogP contribution in [-0.2, 0) is 0 Å². The Morgan fingerprint density at radius 1 is 1.26 bits per heavy atom. The number of carbonyl (C=O) groups is 1. The van der Waals surface area contributed by atoms with Crippen LogP contribution in [0.25, 0.3) is 0 Å². The number of hydrogen-bond donors (Lipinski definition) is 1. The molecule has 1 amide bonds. The lowest BCUT2D eigenvalue weighted by molar-refractivity contribution is 0.0880. The number of amides is 1. The number of aromatic nitrogens is 1. The highest BCUT2D eigenvalue weighted by Crippen LogP contribution is 2.24. The van der Waals surface area contributed by atoms with Crippen molar-refractivity contribution in [3.63, 3.8) is 0 Å². The van der Waals surface area contributed by atoms with Gasteiger partial charge in [0.15, 0.2) is 0 Å². The van der Waals surface area contributed by atoms with Gasteiger partial charge in [-0.2, -0.15) is 0 Å². The van der Waals surface area contributed by atoms with Crippen molar-refractivity contribution in [3.8, 4) is 0 Å². The molecule has 4 heteroatoms. The van der Waals surface area contributed by atoms with Crippen molar-refractivity contribution in [2.45, 2.75) is 31.8 Å². The van der Waals surface area contributed by atoms with Crippen LogP contribution in [0.5, 0.6) is 0 Å². The predicted molar refractivity (Wildman–Crippen MR) is 91.2 cm³/mol. The summed E-state index contributed by atoms with van der Waals surface area (Å²) >= 11 is 0. The average molecular weight is 309 g/mol. The number of piperidine rings is 1. The molecule has 2 atom stereocenters. The summed E-state index contributed by atoms with van der Waals surface area (Å²) in [4.78, 5) is 18.8. The number of nitrogens with zero attached hydrogens (tertiary/aromatic N) is 2. The molecular weight excluding hydrogens is 286 g/mol. The van der Waals surface area contributed by atoms with Crippen LogP contribution >= 0.6 is 0 Å². The second-order valence-electron chi connectivity index (χ2n) is 6.14. The quantitative estimate of drug-likeness (QED) is 0.944. The van der Waals surface area contributed by atoms with Crippen molar-refractivity contribution in [1.29, 1.82) is 0 Å². The summed E-state index contributed by atoms with van der Waals surface area (Å²) in [6, 6.07) is 14.7. The molecule has 3 rings (SSSR count). The zero-order valence-corrected chi connectivity index (χ0v) is 13.5. The number of rotatable bonds is 4. The van der Waals surface area contributed by atoms with Crippen LogP contribution in [0.1, 0.15) is 41.7 Å².